The third-order valence-electron chi connectivity index (χ3n) is 6.56. The highest BCUT2D eigenvalue weighted by Gasteiger charge is 2.43. The molecule has 1 N–H and O–H groups in total. The zero-order chi connectivity index (χ0) is 25.7. The van der Waals surface area contributed by atoms with Crippen molar-refractivity contribution >= 4 is 17.8 Å². The van der Waals surface area contributed by atoms with Gasteiger partial charge in [-0.1, -0.05) is 24.3 Å². The predicted octanol–water partition coefficient (Wildman–Crippen LogP) is 5.48. The summed E-state index contributed by atoms with van der Waals surface area (Å²) in [6.45, 7) is 4.96. The average molecular weight is 488 g/mol. The average Bonchev–Trinajstić information content (AvgIpc) is 3.14. The van der Waals surface area contributed by atoms with Gasteiger partial charge in [-0.3, -0.25) is 4.79 Å². The molecule has 0 bridgehead atoms. The molecule has 3 aromatic rings. The molecule has 1 heterocycles. The minimum Gasteiger partial charge on any atom is -0.497 e. The summed E-state index contributed by atoms with van der Waals surface area (Å²) in [6, 6.07) is 19.6. The number of hydrogen-bond donors (Lipinski definition) is 1. The number of carbonyl (C=O) groups is 1. The van der Waals surface area contributed by atoms with Crippen molar-refractivity contribution in [3.05, 3.63) is 101 Å². The summed E-state index contributed by atoms with van der Waals surface area (Å²) in [7, 11) is 3.19. The van der Waals surface area contributed by atoms with E-state index in [4.69, 9.17) is 9.47 Å². The highest BCUT2D eigenvalue weighted by Crippen LogP contribution is 2.51. The van der Waals surface area contributed by atoms with Gasteiger partial charge in [0.05, 0.1) is 14.2 Å². The Labute approximate surface area is 211 Å². The van der Waals surface area contributed by atoms with Crippen molar-refractivity contribution < 1.29 is 18.7 Å². The van der Waals surface area contributed by atoms with Gasteiger partial charge >= 0.3 is 0 Å². The first-order chi connectivity index (χ1) is 17.4. The normalized spacial score (nSPS) is 17.9. The Morgan fingerprint density at radius 1 is 1.08 bits per heavy atom. The molecule has 0 aromatic heterocycles. The Hall–Kier alpha value is -4.13. The molecule has 6 nitrogen and oxygen atoms in total. The molecule has 0 spiro atoms. The fraction of sp³-hybridized carbons (Fsp3) is 0.241. The molecule has 186 valence electrons. The van der Waals surface area contributed by atoms with Gasteiger partial charge in [0.2, 0.25) is 0 Å². The van der Waals surface area contributed by atoms with Crippen LogP contribution in [0.15, 0.2) is 83.6 Å². The van der Waals surface area contributed by atoms with Crippen LogP contribution in [0.4, 0.5) is 10.1 Å². The van der Waals surface area contributed by atoms with Crippen molar-refractivity contribution in [2.75, 3.05) is 25.7 Å². The number of amides is 1. The Kier molecular flexibility index (Phi) is 7.38. The number of nitrogens with zero attached hydrogens (tertiary/aromatic N) is 2. The Bertz CT molecular complexity index is 1310. The minimum absolute atomic E-state index is 0.282. The second kappa shape index (κ2) is 10.6. The number of rotatable bonds is 8. The fourth-order valence-electron chi connectivity index (χ4n) is 4.79. The molecule has 0 saturated heterocycles. The molecule has 1 amide bonds. The summed E-state index contributed by atoms with van der Waals surface area (Å²) >= 11 is 0. The third-order valence-corrected chi connectivity index (χ3v) is 6.56. The van der Waals surface area contributed by atoms with Crippen LogP contribution in [0.5, 0.6) is 11.5 Å². The van der Waals surface area contributed by atoms with Crippen LogP contribution in [-0.4, -0.2) is 32.9 Å². The quantitative estimate of drug-likeness (QED) is 0.338. The summed E-state index contributed by atoms with van der Waals surface area (Å²) in [6.07, 6.45) is 4.07. The first-order valence-electron chi connectivity index (χ1n) is 11.8. The molecule has 36 heavy (non-hydrogen) atoms. The first kappa shape index (κ1) is 25.0. The van der Waals surface area contributed by atoms with Crippen molar-refractivity contribution in [1.82, 2.24) is 5.43 Å². The van der Waals surface area contributed by atoms with Crippen LogP contribution >= 0.6 is 0 Å². The highest BCUT2D eigenvalue weighted by molar-refractivity contribution is 5.94. The van der Waals surface area contributed by atoms with E-state index in [1.165, 1.54) is 12.1 Å². The van der Waals surface area contributed by atoms with Gasteiger partial charge in [0.25, 0.3) is 5.91 Å². The molecular formula is C29H30FN3O3. The molecule has 7 heteroatoms. The van der Waals surface area contributed by atoms with Crippen LogP contribution in [0.3, 0.4) is 0 Å². The number of nitrogens with one attached hydrogen (secondary N) is 1. The number of anilines is 1. The van der Waals surface area contributed by atoms with Crippen molar-refractivity contribution in [3.8, 4) is 11.5 Å². The molecule has 1 aliphatic heterocycles. The second-order valence-corrected chi connectivity index (χ2v) is 8.73. The second-order valence-electron chi connectivity index (χ2n) is 8.73. The number of hydrogen-bond acceptors (Lipinski definition) is 5. The minimum atomic E-state index is -0.500. The van der Waals surface area contributed by atoms with Crippen LogP contribution < -0.4 is 19.8 Å². The van der Waals surface area contributed by atoms with E-state index in [0.717, 1.165) is 34.8 Å². The van der Waals surface area contributed by atoms with E-state index in [1.807, 2.05) is 30.3 Å². The zero-order valence-electron chi connectivity index (χ0n) is 20.9. The van der Waals surface area contributed by atoms with Gasteiger partial charge in [0.1, 0.15) is 17.3 Å². The number of hydrazone groups is 1. The molecule has 4 rings (SSSR count). The number of fused-ring (bicyclic) bond motifs is 1. The number of methoxy groups -OCH3 is 2. The first-order valence-corrected chi connectivity index (χ1v) is 11.8. The van der Waals surface area contributed by atoms with E-state index in [0.29, 0.717) is 17.7 Å². The van der Waals surface area contributed by atoms with Crippen LogP contribution in [0, 0.1) is 5.82 Å². The smallest absolute Gasteiger partial charge is 0.271 e. The zero-order valence-corrected chi connectivity index (χ0v) is 20.9. The molecule has 1 aliphatic rings. The molecule has 1 unspecified atom stereocenters. The van der Waals surface area contributed by atoms with Crippen molar-refractivity contribution in [2.24, 2.45) is 5.10 Å². The summed E-state index contributed by atoms with van der Waals surface area (Å²) in [5.74, 6) is 0.628. The van der Waals surface area contributed by atoms with E-state index in [1.54, 1.807) is 50.8 Å². The maximum absolute atomic E-state index is 13.9. The molecule has 0 radical (unpaired) electrons. The Morgan fingerprint density at radius 3 is 2.56 bits per heavy atom. The monoisotopic (exact) mass is 487 g/mol. The van der Waals surface area contributed by atoms with E-state index in [9.17, 15) is 9.18 Å². The predicted molar refractivity (Wildman–Crippen MR) is 141 cm³/mol. The number of allylic oxidation sites excluding steroid dienone is 2. The highest BCUT2D eigenvalue weighted by atomic mass is 19.1. The topological polar surface area (TPSA) is 63.2 Å². The van der Waals surface area contributed by atoms with Gasteiger partial charge in [0, 0.05) is 41.2 Å². The maximum atomic E-state index is 13.9. The maximum Gasteiger partial charge on any atom is 0.271 e. The molecule has 3 aromatic carbocycles. The lowest BCUT2D eigenvalue weighted by Gasteiger charge is -2.30. The molecule has 0 fully saturated rings. The van der Waals surface area contributed by atoms with Crippen molar-refractivity contribution in [3.63, 3.8) is 0 Å². The number of ether oxygens (including phenoxy) is 2. The molecule has 0 aliphatic carbocycles. The van der Waals surface area contributed by atoms with E-state index < -0.39 is 5.41 Å². The number of carbonyl (C=O) groups excluding carboxylic acids is 1. The van der Waals surface area contributed by atoms with Gasteiger partial charge in [-0.2, -0.15) is 5.10 Å². The van der Waals surface area contributed by atoms with Gasteiger partial charge in [-0.25, -0.2) is 9.82 Å². The van der Waals surface area contributed by atoms with Gasteiger partial charge in [0.15, 0.2) is 0 Å². The molecule has 0 saturated carbocycles. The van der Waals surface area contributed by atoms with Crippen LogP contribution in [0.1, 0.15) is 35.3 Å². The van der Waals surface area contributed by atoms with Gasteiger partial charge < -0.3 is 14.4 Å². The lowest BCUT2D eigenvalue weighted by molar-refractivity contribution is 0.0955. The SMILES string of the molecule is CCN1/C(=C\C=N\NC(=O)c2ccccc2)C(C)(Cc2ccc(F)cc2OC)c2cc(OC)ccc21. The third kappa shape index (κ3) is 4.82. The number of likely N-dealkylation sites (N-methyl/N-ethyl adjacent to an activating group) is 1. The Morgan fingerprint density at radius 2 is 1.86 bits per heavy atom. The van der Waals surface area contributed by atoms with Crippen LogP contribution in [0.2, 0.25) is 0 Å². The summed E-state index contributed by atoms with van der Waals surface area (Å²) in [5.41, 5.74) is 6.65. The van der Waals surface area contributed by atoms with Crippen LogP contribution in [-0.2, 0) is 11.8 Å². The van der Waals surface area contributed by atoms with Crippen molar-refractivity contribution in [1.29, 1.82) is 0 Å². The van der Waals surface area contributed by atoms with E-state index in [2.05, 4.69) is 29.3 Å². The summed E-state index contributed by atoms with van der Waals surface area (Å²) in [4.78, 5) is 14.6. The lowest BCUT2D eigenvalue weighted by Crippen LogP contribution is -2.31. The van der Waals surface area contributed by atoms with Gasteiger partial charge in [-0.05, 0) is 73.9 Å². The van der Waals surface area contributed by atoms with Crippen molar-refractivity contribution in [2.45, 2.75) is 25.7 Å². The largest absolute Gasteiger partial charge is 0.497 e. The standard InChI is InChI=1S/C29H30FN3O3/c1-5-33-25-14-13-23(35-3)18-24(25)29(2,19-21-11-12-22(30)17-26(21)36-4)27(33)15-16-31-32-28(34)20-9-7-6-8-10-20/h6-18H,5,19H2,1-4H3,(H,32,34)/b27-15-,31-16+. The molecular weight excluding hydrogens is 457 g/mol. The Balaban J connectivity index is 1.73. The number of halogens is 1. The summed E-state index contributed by atoms with van der Waals surface area (Å²) in [5, 5.41) is 4.17. The molecule has 1 atom stereocenters. The fourth-order valence-corrected chi connectivity index (χ4v) is 4.79. The van der Waals surface area contributed by atoms with E-state index in [-0.39, 0.29) is 11.7 Å². The summed E-state index contributed by atoms with van der Waals surface area (Å²) < 4.78 is 24.9. The van der Waals surface area contributed by atoms with Crippen LogP contribution in [0.25, 0.3) is 0 Å². The number of benzene rings is 3. The lowest BCUT2D eigenvalue weighted by atomic mass is 9.76. The van der Waals surface area contributed by atoms with Gasteiger partial charge in [-0.15, -0.1) is 0 Å². The van der Waals surface area contributed by atoms with E-state index >= 15 is 0 Å².